The fourth-order valence-electron chi connectivity index (χ4n) is 5.58. The monoisotopic (exact) mass is 570 g/mol. The van der Waals surface area contributed by atoms with E-state index in [1.807, 2.05) is 6.92 Å². The van der Waals surface area contributed by atoms with Crippen molar-refractivity contribution in [1.82, 2.24) is 0 Å². The van der Waals surface area contributed by atoms with Crippen molar-refractivity contribution >= 4 is 11.6 Å². The largest absolute Gasteiger partial charge is 0.0877 e. The fourth-order valence-corrected chi connectivity index (χ4v) is 5.58. The van der Waals surface area contributed by atoms with Crippen LogP contribution in [0.15, 0.2) is 152 Å². The van der Waals surface area contributed by atoms with Crippen LogP contribution in [0.5, 0.6) is 0 Å². The van der Waals surface area contributed by atoms with Crippen LogP contribution < -0.4 is 0 Å². The molecule has 0 aromatic heterocycles. The van der Waals surface area contributed by atoms with E-state index in [0.29, 0.717) is 0 Å². The van der Waals surface area contributed by atoms with E-state index in [2.05, 4.69) is 179 Å². The van der Waals surface area contributed by atoms with Gasteiger partial charge in [0, 0.05) is 0 Å². The molecule has 0 saturated heterocycles. The molecular weight excluding hydrogens is 528 g/mol. The molecule has 0 N–H and O–H groups in total. The molecule has 5 rings (SSSR count). The summed E-state index contributed by atoms with van der Waals surface area (Å²) in [6.45, 7) is 8.64. The smallest absolute Gasteiger partial charge is 0.00913 e. The molecule has 0 spiro atoms. The lowest BCUT2D eigenvalue weighted by molar-refractivity contribution is 1.27. The van der Waals surface area contributed by atoms with E-state index >= 15 is 0 Å². The standard InChI is InChI=1S/C44H42/c1-5-6-7-8-9-11-21-38-30-43(32-44(35(38)4)42-25-14-17-33(2)28-42)41-24-16-23-40(31-41)39-22-15-18-36(29-39)27-26-34(3)37-19-12-10-13-20-37/h5-8,10-26,28-32H,9,27H2,1-4H3/b6-5-,8-7-,21-11+,34-26+. The predicted octanol–water partition coefficient (Wildman–Crippen LogP) is 12.5. The minimum atomic E-state index is 0.902. The number of rotatable bonds is 10. The van der Waals surface area contributed by atoms with Crippen LogP contribution in [0.1, 0.15) is 48.1 Å². The van der Waals surface area contributed by atoms with Crippen LogP contribution in [0.2, 0.25) is 0 Å². The molecule has 0 heteroatoms. The van der Waals surface area contributed by atoms with Gasteiger partial charge in [-0.3, -0.25) is 0 Å². The van der Waals surface area contributed by atoms with Crippen LogP contribution in [0, 0.1) is 13.8 Å². The molecule has 0 radical (unpaired) electrons. The number of aryl methyl sites for hydroxylation is 1. The van der Waals surface area contributed by atoms with Crippen molar-refractivity contribution in [2.24, 2.45) is 0 Å². The SMILES string of the molecule is C/C=C\C=C/C/C=C/c1cc(-c2cccc(-c3cccc(C/C=C(\C)c4ccccc4)c3)c2)cc(-c2cccc(C)c2)c1C. The third kappa shape index (κ3) is 7.91. The average molecular weight is 571 g/mol. The molecule has 218 valence electrons. The molecular formula is C44H42. The maximum atomic E-state index is 2.36. The van der Waals surface area contributed by atoms with Crippen LogP contribution in [0.3, 0.4) is 0 Å². The van der Waals surface area contributed by atoms with Gasteiger partial charge in [0.25, 0.3) is 0 Å². The zero-order chi connectivity index (χ0) is 30.7. The van der Waals surface area contributed by atoms with Gasteiger partial charge in [0.1, 0.15) is 0 Å². The van der Waals surface area contributed by atoms with Gasteiger partial charge < -0.3 is 0 Å². The van der Waals surface area contributed by atoms with Gasteiger partial charge >= 0.3 is 0 Å². The van der Waals surface area contributed by atoms with Gasteiger partial charge in [-0.25, -0.2) is 0 Å². The zero-order valence-electron chi connectivity index (χ0n) is 26.4. The molecule has 0 fully saturated rings. The molecule has 5 aromatic carbocycles. The van der Waals surface area contributed by atoms with E-state index in [1.54, 1.807) is 0 Å². The van der Waals surface area contributed by atoms with E-state index < -0.39 is 0 Å². The lowest BCUT2D eigenvalue weighted by Crippen LogP contribution is -1.92. The number of allylic oxidation sites excluding steroid dienone is 7. The molecule has 0 unspecified atom stereocenters. The summed E-state index contributed by atoms with van der Waals surface area (Å²) in [6, 6.07) is 42.1. The van der Waals surface area contributed by atoms with Gasteiger partial charge in [-0.15, -0.1) is 0 Å². The van der Waals surface area contributed by atoms with Crippen molar-refractivity contribution in [3.63, 3.8) is 0 Å². The number of hydrogen-bond donors (Lipinski definition) is 0. The summed E-state index contributed by atoms with van der Waals surface area (Å²) in [6.07, 6.45) is 17.1. The summed E-state index contributed by atoms with van der Waals surface area (Å²) in [4.78, 5) is 0. The van der Waals surface area contributed by atoms with Crippen LogP contribution in [-0.2, 0) is 6.42 Å². The Hall–Kier alpha value is -4.94. The first-order valence-corrected chi connectivity index (χ1v) is 15.6. The van der Waals surface area contributed by atoms with E-state index in [4.69, 9.17) is 0 Å². The Morgan fingerprint density at radius 1 is 0.614 bits per heavy atom. The highest BCUT2D eigenvalue weighted by atomic mass is 14.2. The lowest BCUT2D eigenvalue weighted by Gasteiger charge is -2.15. The van der Waals surface area contributed by atoms with E-state index in [-0.39, 0.29) is 0 Å². The highest BCUT2D eigenvalue weighted by molar-refractivity contribution is 5.82. The highest BCUT2D eigenvalue weighted by Crippen LogP contribution is 2.35. The van der Waals surface area contributed by atoms with Crippen molar-refractivity contribution in [2.75, 3.05) is 0 Å². The first kappa shape index (κ1) is 30.5. The topological polar surface area (TPSA) is 0 Å². The van der Waals surface area contributed by atoms with Gasteiger partial charge in [-0.2, -0.15) is 0 Å². The van der Waals surface area contributed by atoms with E-state index in [1.165, 1.54) is 66.8 Å². The fraction of sp³-hybridized carbons (Fsp3) is 0.136. The predicted molar refractivity (Wildman–Crippen MR) is 194 cm³/mol. The lowest BCUT2D eigenvalue weighted by atomic mass is 9.89. The Balaban J connectivity index is 1.48. The van der Waals surface area contributed by atoms with E-state index in [0.717, 1.165) is 12.8 Å². The third-order valence-corrected chi connectivity index (χ3v) is 8.12. The minimum absolute atomic E-state index is 0.902. The van der Waals surface area contributed by atoms with Crippen LogP contribution in [0.4, 0.5) is 0 Å². The van der Waals surface area contributed by atoms with Crippen LogP contribution in [-0.4, -0.2) is 0 Å². The van der Waals surface area contributed by atoms with Gasteiger partial charge in [0.05, 0.1) is 0 Å². The van der Waals surface area contributed by atoms with Crippen molar-refractivity contribution in [3.05, 3.63) is 180 Å². The average Bonchev–Trinajstić information content (AvgIpc) is 3.06. The normalized spacial score (nSPS) is 12.1. The second kappa shape index (κ2) is 15.0. The molecule has 0 heterocycles. The summed E-state index contributed by atoms with van der Waals surface area (Å²) in [7, 11) is 0. The van der Waals surface area contributed by atoms with Crippen molar-refractivity contribution < 1.29 is 0 Å². The number of benzene rings is 5. The zero-order valence-corrected chi connectivity index (χ0v) is 26.4. The Kier molecular flexibility index (Phi) is 10.4. The second-order valence-corrected chi connectivity index (χ2v) is 11.4. The molecule has 5 aromatic rings. The van der Waals surface area contributed by atoms with Gasteiger partial charge in [0.15, 0.2) is 0 Å². The van der Waals surface area contributed by atoms with Gasteiger partial charge in [-0.1, -0.05) is 145 Å². The van der Waals surface area contributed by atoms with Crippen molar-refractivity contribution in [1.29, 1.82) is 0 Å². The molecule has 0 atom stereocenters. The Morgan fingerprint density at radius 3 is 2.09 bits per heavy atom. The summed E-state index contributed by atoms with van der Waals surface area (Å²) in [5.41, 5.74) is 15.2. The summed E-state index contributed by atoms with van der Waals surface area (Å²) in [5, 5.41) is 0. The minimum Gasteiger partial charge on any atom is -0.0877 e. The second-order valence-electron chi connectivity index (χ2n) is 11.4. The van der Waals surface area contributed by atoms with Crippen molar-refractivity contribution in [2.45, 2.75) is 40.5 Å². The maximum absolute atomic E-state index is 2.36. The quantitative estimate of drug-likeness (QED) is 0.147. The van der Waals surface area contributed by atoms with Gasteiger partial charge in [-0.05, 0) is 120 Å². The highest BCUT2D eigenvalue weighted by Gasteiger charge is 2.11. The molecule has 0 aliphatic carbocycles. The first-order chi connectivity index (χ1) is 21.5. The summed E-state index contributed by atoms with van der Waals surface area (Å²) >= 11 is 0. The Bertz CT molecular complexity index is 1830. The maximum Gasteiger partial charge on any atom is -0.00913 e. The molecule has 44 heavy (non-hydrogen) atoms. The molecule has 0 saturated carbocycles. The third-order valence-electron chi connectivity index (χ3n) is 8.12. The Morgan fingerprint density at radius 2 is 1.32 bits per heavy atom. The molecule has 0 nitrogen and oxygen atoms in total. The van der Waals surface area contributed by atoms with Crippen LogP contribution >= 0.6 is 0 Å². The number of hydrogen-bond acceptors (Lipinski definition) is 0. The summed E-state index contributed by atoms with van der Waals surface area (Å²) < 4.78 is 0. The summed E-state index contributed by atoms with van der Waals surface area (Å²) in [5.74, 6) is 0. The van der Waals surface area contributed by atoms with Crippen LogP contribution in [0.25, 0.3) is 45.0 Å². The molecule has 0 aliphatic heterocycles. The van der Waals surface area contributed by atoms with Crippen molar-refractivity contribution in [3.8, 4) is 33.4 Å². The molecule has 0 amide bonds. The molecule has 0 bridgehead atoms. The Labute approximate surface area is 264 Å². The van der Waals surface area contributed by atoms with Gasteiger partial charge in [0.2, 0.25) is 0 Å². The first-order valence-electron chi connectivity index (χ1n) is 15.6. The van der Waals surface area contributed by atoms with E-state index in [9.17, 15) is 0 Å². The molecule has 0 aliphatic rings.